The van der Waals surface area contributed by atoms with Crippen molar-refractivity contribution in [3.63, 3.8) is 0 Å². The van der Waals surface area contributed by atoms with E-state index in [9.17, 15) is 4.79 Å². The number of hydrogen-bond acceptors (Lipinski definition) is 4. The van der Waals surface area contributed by atoms with Crippen LogP contribution in [0.25, 0.3) is 6.08 Å². The summed E-state index contributed by atoms with van der Waals surface area (Å²) in [4.78, 5) is 12.4. The van der Waals surface area contributed by atoms with Gasteiger partial charge in [-0.25, -0.2) is 0 Å². The molecule has 0 aliphatic carbocycles. The highest BCUT2D eigenvalue weighted by Crippen LogP contribution is 2.27. The molecular formula is C12H15NOS2. The van der Waals surface area contributed by atoms with Crippen LogP contribution in [-0.2, 0) is 4.79 Å². The third kappa shape index (κ3) is 3.20. The van der Waals surface area contributed by atoms with Crippen LogP contribution in [0.1, 0.15) is 18.2 Å². The Labute approximate surface area is 104 Å². The van der Waals surface area contributed by atoms with Crippen molar-refractivity contribution in [1.29, 1.82) is 0 Å². The van der Waals surface area contributed by atoms with E-state index >= 15 is 0 Å². The van der Waals surface area contributed by atoms with E-state index in [1.54, 1.807) is 18.3 Å². The Balaban J connectivity index is 2.12. The van der Waals surface area contributed by atoms with Gasteiger partial charge in [0.2, 0.25) is 0 Å². The standard InChI is InChI=1S/C12H15NOS2/c1-9(14)16-12-4-5-13-8-10(12)7-11-3-2-6-15-11/h2-3,6-7,12-13H,4-5,8H2,1H3/b10-7+. The SMILES string of the molecule is CC(=O)SC1CCNC/C1=C\c1cccs1. The fraction of sp³-hybridized carbons (Fsp3) is 0.417. The molecule has 0 saturated carbocycles. The molecule has 1 fully saturated rings. The molecule has 1 aromatic heterocycles. The Kier molecular flexibility index (Phi) is 4.21. The normalized spacial score (nSPS) is 23.6. The molecule has 0 bridgehead atoms. The van der Waals surface area contributed by atoms with Crippen molar-refractivity contribution in [1.82, 2.24) is 5.32 Å². The molecule has 0 aromatic carbocycles. The Hall–Kier alpha value is -0.580. The van der Waals surface area contributed by atoms with E-state index in [4.69, 9.17) is 0 Å². The van der Waals surface area contributed by atoms with Crippen LogP contribution in [0.15, 0.2) is 23.1 Å². The van der Waals surface area contributed by atoms with Gasteiger partial charge in [-0.15, -0.1) is 11.3 Å². The van der Waals surface area contributed by atoms with E-state index in [0.29, 0.717) is 5.25 Å². The van der Waals surface area contributed by atoms with Crippen LogP contribution in [0.4, 0.5) is 0 Å². The van der Waals surface area contributed by atoms with Crippen LogP contribution in [0.3, 0.4) is 0 Å². The van der Waals surface area contributed by atoms with E-state index in [1.807, 2.05) is 0 Å². The first-order valence-corrected chi connectivity index (χ1v) is 7.13. The molecular weight excluding hydrogens is 238 g/mol. The lowest BCUT2D eigenvalue weighted by molar-refractivity contribution is -0.109. The molecule has 1 aromatic rings. The Bertz CT molecular complexity index is 384. The van der Waals surface area contributed by atoms with Gasteiger partial charge in [0.25, 0.3) is 0 Å². The lowest BCUT2D eigenvalue weighted by Gasteiger charge is -2.24. The summed E-state index contributed by atoms with van der Waals surface area (Å²) >= 11 is 3.20. The van der Waals surface area contributed by atoms with Crippen molar-refractivity contribution in [2.45, 2.75) is 18.6 Å². The first-order valence-electron chi connectivity index (χ1n) is 5.37. The summed E-state index contributed by atoms with van der Waals surface area (Å²) in [5, 5.41) is 6.02. The summed E-state index contributed by atoms with van der Waals surface area (Å²) in [6.07, 6.45) is 3.26. The van der Waals surface area contributed by atoms with Crippen LogP contribution < -0.4 is 5.32 Å². The number of carbonyl (C=O) groups is 1. The molecule has 2 heterocycles. The topological polar surface area (TPSA) is 29.1 Å². The number of thioether (sulfide) groups is 1. The minimum atomic E-state index is 0.212. The number of carbonyl (C=O) groups excluding carboxylic acids is 1. The van der Waals surface area contributed by atoms with Gasteiger partial charge in [0.15, 0.2) is 5.12 Å². The number of hydrogen-bond donors (Lipinski definition) is 1. The molecule has 1 atom stereocenters. The maximum atomic E-state index is 11.2. The van der Waals surface area contributed by atoms with Crippen molar-refractivity contribution in [2.75, 3.05) is 13.1 Å². The number of piperidine rings is 1. The Morgan fingerprint density at radius 3 is 3.25 bits per heavy atom. The first kappa shape index (κ1) is 11.9. The third-order valence-electron chi connectivity index (χ3n) is 2.51. The third-order valence-corrected chi connectivity index (χ3v) is 4.48. The second-order valence-electron chi connectivity index (χ2n) is 3.80. The molecule has 1 N–H and O–H groups in total. The highest BCUT2D eigenvalue weighted by Gasteiger charge is 2.20. The van der Waals surface area contributed by atoms with Crippen molar-refractivity contribution < 1.29 is 4.79 Å². The van der Waals surface area contributed by atoms with E-state index in [-0.39, 0.29) is 5.12 Å². The largest absolute Gasteiger partial charge is 0.313 e. The molecule has 1 aliphatic rings. The zero-order chi connectivity index (χ0) is 11.4. The van der Waals surface area contributed by atoms with Gasteiger partial charge in [-0.3, -0.25) is 4.79 Å². The molecule has 0 radical (unpaired) electrons. The fourth-order valence-corrected chi connectivity index (χ4v) is 3.43. The summed E-state index contributed by atoms with van der Waals surface area (Å²) in [7, 11) is 0. The molecule has 1 saturated heterocycles. The quantitative estimate of drug-likeness (QED) is 0.878. The minimum Gasteiger partial charge on any atom is -0.313 e. The minimum absolute atomic E-state index is 0.212. The van der Waals surface area contributed by atoms with Gasteiger partial charge in [-0.05, 0) is 36.1 Å². The van der Waals surface area contributed by atoms with Gasteiger partial charge in [0, 0.05) is 23.6 Å². The summed E-state index contributed by atoms with van der Waals surface area (Å²) in [5.74, 6) is 0. The van der Waals surface area contributed by atoms with Crippen LogP contribution >= 0.6 is 23.1 Å². The summed E-state index contributed by atoms with van der Waals surface area (Å²) in [6, 6.07) is 4.17. The Morgan fingerprint density at radius 2 is 2.56 bits per heavy atom. The van der Waals surface area contributed by atoms with Crippen LogP contribution in [0.2, 0.25) is 0 Å². The predicted octanol–water partition coefficient (Wildman–Crippen LogP) is 2.77. The van der Waals surface area contributed by atoms with Crippen LogP contribution in [0, 0.1) is 0 Å². The van der Waals surface area contributed by atoms with Crippen molar-refractivity contribution >= 4 is 34.3 Å². The first-order chi connectivity index (χ1) is 7.75. The van der Waals surface area contributed by atoms with Gasteiger partial charge >= 0.3 is 0 Å². The molecule has 4 heteroatoms. The molecule has 1 unspecified atom stereocenters. The maximum absolute atomic E-state index is 11.2. The number of thiophene rings is 1. The molecule has 1 aliphatic heterocycles. The average Bonchev–Trinajstić information content (AvgIpc) is 2.73. The van der Waals surface area contributed by atoms with Crippen molar-refractivity contribution in [3.8, 4) is 0 Å². The van der Waals surface area contributed by atoms with E-state index in [2.05, 4.69) is 28.9 Å². The monoisotopic (exact) mass is 253 g/mol. The summed E-state index contributed by atoms with van der Waals surface area (Å²) < 4.78 is 0. The van der Waals surface area contributed by atoms with Gasteiger partial charge < -0.3 is 5.32 Å². The number of rotatable bonds is 2. The summed E-state index contributed by atoms with van der Waals surface area (Å²) in [5.41, 5.74) is 1.34. The van der Waals surface area contributed by atoms with E-state index in [1.165, 1.54) is 22.2 Å². The lowest BCUT2D eigenvalue weighted by Crippen LogP contribution is -2.32. The van der Waals surface area contributed by atoms with Gasteiger partial charge in [-0.1, -0.05) is 17.8 Å². The highest BCUT2D eigenvalue weighted by atomic mass is 32.2. The van der Waals surface area contributed by atoms with Gasteiger partial charge in [0.05, 0.1) is 0 Å². The highest BCUT2D eigenvalue weighted by molar-refractivity contribution is 8.14. The molecule has 0 spiro atoms. The molecule has 86 valence electrons. The Morgan fingerprint density at radius 1 is 1.69 bits per heavy atom. The van der Waals surface area contributed by atoms with Crippen molar-refractivity contribution in [3.05, 3.63) is 28.0 Å². The second kappa shape index (κ2) is 5.66. The van der Waals surface area contributed by atoms with E-state index in [0.717, 1.165) is 19.5 Å². The molecule has 0 amide bonds. The maximum Gasteiger partial charge on any atom is 0.186 e. The smallest absolute Gasteiger partial charge is 0.186 e. The molecule has 16 heavy (non-hydrogen) atoms. The number of nitrogens with one attached hydrogen (secondary N) is 1. The molecule has 2 rings (SSSR count). The predicted molar refractivity (Wildman–Crippen MR) is 71.8 cm³/mol. The van der Waals surface area contributed by atoms with Crippen LogP contribution in [-0.4, -0.2) is 23.5 Å². The summed E-state index contributed by atoms with van der Waals surface area (Å²) in [6.45, 7) is 3.56. The average molecular weight is 253 g/mol. The van der Waals surface area contributed by atoms with Gasteiger partial charge in [-0.2, -0.15) is 0 Å². The zero-order valence-corrected chi connectivity index (χ0v) is 10.9. The lowest BCUT2D eigenvalue weighted by atomic mass is 10.1. The second-order valence-corrected chi connectivity index (χ2v) is 6.16. The van der Waals surface area contributed by atoms with Crippen molar-refractivity contribution in [2.24, 2.45) is 0 Å². The van der Waals surface area contributed by atoms with E-state index < -0.39 is 0 Å². The van der Waals surface area contributed by atoms with Crippen LogP contribution in [0.5, 0.6) is 0 Å². The van der Waals surface area contributed by atoms with Gasteiger partial charge in [0.1, 0.15) is 0 Å². The molecule has 2 nitrogen and oxygen atoms in total. The zero-order valence-electron chi connectivity index (χ0n) is 9.23. The fourth-order valence-electron chi connectivity index (χ4n) is 1.80.